The second-order valence-electron chi connectivity index (χ2n) is 7.44. The highest BCUT2D eigenvalue weighted by atomic mass is 16.5. The molecule has 0 saturated carbocycles. The van der Waals surface area contributed by atoms with Crippen molar-refractivity contribution >= 4 is 17.6 Å². The molecule has 33 heavy (non-hydrogen) atoms. The Morgan fingerprint density at radius 2 is 1.64 bits per heavy atom. The van der Waals surface area contributed by atoms with Gasteiger partial charge in [0.05, 0.1) is 39.8 Å². The number of carbonyl (C=O) groups excluding carboxylic acids is 1. The van der Waals surface area contributed by atoms with Crippen LogP contribution in [-0.2, 0) is 4.79 Å². The number of ether oxygens (including phenoxy) is 4. The molecule has 2 aromatic carbocycles. The summed E-state index contributed by atoms with van der Waals surface area (Å²) in [5.74, 6) is 0.118. The number of benzene rings is 2. The Morgan fingerprint density at radius 3 is 2.15 bits per heavy atom. The van der Waals surface area contributed by atoms with Crippen molar-refractivity contribution in [2.45, 2.75) is 12.3 Å². The number of aromatic carboxylic acids is 1. The first kappa shape index (κ1) is 22.1. The fourth-order valence-corrected chi connectivity index (χ4v) is 4.16. The number of rotatable bonds is 7. The Hall–Kier alpha value is -4.14. The number of fused-ring (bicyclic) bond motifs is 1. The highest BCUT2D eigenvalue weighted by molar-refractivity contribution is 6.04. The van der Waals surface area contributed by atoms with Crippen molar-refractivity contribution in [1.82, 2.24) is 4.57 Å². The summed E-state index contributed by atoms with van der Waals surface area (Å²) in [6.07, 6.45) is 1.64. The average molecular weight is 452 g/mol. The third kappa shape index (κ3) is 3.82. The summed E-state index contributed by atoms with van der Waals surface area (Å²) in [5, 5.41) is 12.6. The predicted octanol–water partition coefficient (Wildman–Crippen LogP) is 3.68. The first-order valence-corrected chi connectivity index (χ1v) is 10.1. The molecular weight excluding hydrogens is 428 g/mol. The van der Waals surface area contributed by atoms with Crippen molar-refractivity contribution in [3.05, 3.63) is 59.4 Å². The predicted molar refractivity (Wildman–Crippen MR) is 120 cm³/mol. The van der Waals surface area contributed by atoms with Gasteiger partial charge >= 0.3 is 5.97 Å². The van der Waals surface area contributed by atoms with Crippen molar-refractivity contribution in [3.63, 3.8) is 0 Å². The van der Waals surface area contributed by atoms with Crippen molar-refractivity contribution in [2.24, 2.45) is 0 Å². The third-order valence-corrected chi connectivity index (χ3v) is 5.70. The summed E-state index contributed by atoms with van der Waals surface area (Å²) in [4.78, 5) is 24.6. The quantitative estimate of drug-likeness (QED) is 0.563. The molecule has 1 amide bonds. The van der Waals surface area contributed by atoms with E-state index in [2.05, 4.69) is 5.32 Å². The summed E-state index contributed by atoms with van der Waals surface area (Å²) < 4.78 is 23.4. The summed E-state index contributed by atoms with van der Waals surface area (Å²) in [7, 11) is 6.12. The van der Waals surface area contributed by atoms with Crippen LogP contribution in [0.4, 0.5) is 5.69 Å². The van der Waals surface area contributed by atoms with Crippen LogP contribution in [0.3, 0.4) is 0 Å². The van der Waals surface area contributed by atoms with Crippen molar-refractivity contribution in [2.75, 3.05) is 33.8 Å². The lowest BCUT2D eigenvalue weighted by atomic mass is 9.87. The van der Waals surface area contributed by atoms with E-state index in [0.29, 0.717) is 28.7 Å². The Labute approximate surface area is 190 Å². The van der Waals surface area contributed by atoms with Gasteiger partial charge in [0.15, 0.2) is 11.5 Å². The van der Waals surface area contributed by atoms with Gasteiger partial charge < -0.3 is 33.9 Å². The Morgan fingerprint density at radius 1 is 1.00 bits per heavy atom. The van der Waals surface area contributed by atoms with Gasteiger partial charge in [-0.15, -0.1) is 0 Å². The van der Waals surface area contributed by atoms with Crippen LogP contribution in [0, 0.1) is 0 Å². The average Bonchev–Trinajstić information content (AvgIpc) is 3.22. The van der Waals surface area contributed by atoms with Gasteiger partial charge in [0.2, 0.25) is 11.7 Å². The third-order valence-electron chi connectivity index (χ3n) is 5.70. The normalized spacial score (nSPS) is 14.8. The van der Waals surface area contributed by atoms with E-state index in [-0.39, 0.29) is 23.6 Å². The molecule has 0 aliphatic carbocycles. The Balaban J connectivity index is 1.96. The fraction of sp³-hybridized carbons (Fsp3) is 0.250. The Bertz CT molecular complexity index is 1190. The lowest BCUT2D eigenvalue weighted by molar-refractivity contribution is -0.116. The van der Waals surface area contributed by atoms with Crippen molar-refractivity contribution in [3.8, 4) is 28.7 Å². The number of amides is 1. The zero-order valence-electron chi connectivity index (χ0n) is 18.7. The smallest absolute Gasteiger partial charge is 0.339 e. The largest absolute Gasteiger partial charge is 0.497 e. The Kier molecular flexibility index (Phi) is 5.87. The molecule has 0 spiro atoms. The van der Waals surface area contributed by atoms with Crippen molar-refractivity contribution in [1.29, 1.82) is 0 Å². The van der Waals surface area contributed by atoms with Crippen molar-refractivity contribution < 1.29 is 33.6 Å². The molecular formula is C24H24N2O7. The van der Waals surface area contributed by atoms with E-state index in [9.17, 15) is 14.7 Å². The highest BCUT2D eigenvalue weighted by Crippen LogP contribution is 2.46. The maximum atomic E-state index is 12.6. The van der Waals surface area contributed by atoms with E-state index < -0.39 is 11.9 Å². The minimum atomic E-state index is -1.13. The molecule has 1 atom stereocenters. The molecule has 4 rings (SSSR count). The lowest BCUT2D eigenvalue weighted by Gasteiger charge is -2.27. The number of nitrogens with one attached hydrogen (secondary N) is 1. The van der Waals surface area contributed by atoms with E-state index in [1.807, 2.05) is 12.1 Å². The summed E-state index contributed by atoms with van der Waals surface area (Å²) in [6, 6.07) is 10.8. The minimum absolute atomic E-state index is 0.00584. The summed E-state index contributed by atoms with van der Waals surface area (Å²) in [6.45, 7) is 0. The molecule has 0 unspecified atom stereocenters. The molecule has 1 aromatic heterocycles. The van der Waals surface area contributed by atoms with Crippen LogP contribution in [0.2, 0.25) is 0 Å². The van der Waals surface area contributed by atoms with E-state index in [4.69, 9.17) is 18.9 Å². The van der Waals surface area contributed by atoms with E-state index in [1.165, 1.54) is 27.5 Å². The lowest BCUT2D eigenvalue weighted by Crippen LogP contribution is -2.25. The fourth-order valence-electron chi connectivity index (χ4n) is 4.16. The number of carbonyl (C=O) groups is 2. The number of hydrogen-bond acceptors (Lipinski definition) is 6. The van der Waals surface area contributed by atoms with Gasteiger partial charge in [0.1, 0.15) is 11.3 Å². The number of anilines is 1. The molecule has 0 saturated heterocycles. The van der Waals surface area contributed by atoms with Gasteiger partial charge in [-0.1, -0.05) is 0 Å². The second kappa shape index (κ2) is 8.78. The monoisotopic (exact) mass is 452 g/mol. The molecule has 2 N–H and O–H groups in total. The number of carboxylic acid groups (broad SMARTS) is 1. The summed E-state index contributed by atoms with van der Waals surface area (Å²) in [5.41, 5.74) is 2.38. The van der Waals surface area contributed by atoms with Crippen LogP contribution < -0.4 is 24.3 Å². The van der Waals surface area contributed by atoms with Crippen LogP contribution in [-0.4, -0.2) is 50.0 Å². The molecule has 9 nitrogen and oxygen atoms in total. The molecule has 3 aromatic rings. The number of methoxy groups -OCH3 is 4. The molecule has 1 aliphatic heterocycles. The molecule has 0 fully saturated rings. The molecule has 172 valence electrons. The van der Waals surface area contributed by atoms with E-state index in [1.54, 1.807) is 35.9 Å². The van der Waals surface area contributed by atoms with Crippen LogP contribution in [0.1, 0.15) is 34.0 Å². The topological polar surface area (TPSA) is 108 Å². The number of carboxylic acids is 1. The molecule has 9 heteroatoms. The number of nitrogens with zero attached hydrogens (tertiary/aromatic N) is 1. The zero-order chi connectivity index (χ0) is 23.7. The maximum Gasteiger partial charge on any atom is 0.339 e. The van der Waals surface area contributed by atoms with Gasteiger partial charge in [0, 0.05) is 24.2 Å². The van der Waals surface area contributed by atoms with Gasteiger partial charge in [-0.3, -0.25) is 4.79 Å². The first-order chi connectivity index (χ1) is 15.9. The van der Waals surface area contributed by atoms with Gasteiger partial charge in [-0.05, 0) is 42.0 Å². The SMILES string of the molecule is COc1ccc(-n2cc(C(=O)O)c3c2[C@H](c2cc(OC)c(OC)c(OC)c2)CC(=O)N3)cc1. The standard InChI is InChI=1S/C24H24N2O7/c1-30-15-7-5-14(6-8-15)26-12-17(24(28)29)21-22(26)16(11-20(27)25-21)13-9-18(31-2)23(33-4)19(10-13)32-3/h5-10,12,16H,11H2,1-4H3,(H,25,27)(H,28,29)/t16-/m0/s1. The molecule has 0 radical (unpaired) electrons. The number of hydrogen-bond donors (Lipinski definition) is 2. The van der Waals surface area contributed by atoms with Crippen LogP contribution in [0.15, 0.2) is 42.6 Å². The number of aromatic nitrogens is 1. The van der Waals surface area contributed by atoms with Crippen LogP contribution >= 0.6 is 0 Å². The van der Waals surface area contributed by atoms with E-state index >= 15 is 0 Å². The van der Waals surface area contributed by atoms with Gasteiger partial charge in [-0.25, -0.2) is 4.79 Å². The van der Waals surface area contributed by atoms with Gasteiger partial charge in [-0.2, -0.15) is 0 Å². The second-order valence-corrected chi connectivity index (χ2v) is 7.44. The zero-order valence-corrected chi connectivity index (χ0v) is 18.7. The minimum Gasteiger partial charge on any atom is -0.497 e. The maximum absolute atomic E-state index is 12.6. The highest BCUT2D eigenvalue weighted by Gasteiger charge is 2.35. The van der Waals surface area contributed by atoms with E-state index in [0.717, 1.165) is 11.3 Å². The van der Waals surface area contributed by atoms with Crippen LogP contribution in [0.25, 0.3) is 5.69 Å². The van der Waals surface area contributed by atoms with Gasteiger partial charge in [0.25, 0.3) is 0 Å². The molecule has 0 bridgehead atoms. The summed E-state index contributed by atoms with van der Waals surface area (Å²) >= 11 is 0. The van der Waals surface area contributed by atoms with Crippen LogP contribution in [0.5, 0.6) is 23.0 Å². The molecule has 1 aliphatic rings. The molecule has 2 heterocycles. The first-order valence-electron chi connectivity index (χ1n) is 10.1.